The van der Waals surface area contributed by atoms with Crippen LogP contribution < -0.4 is 5.32 Å². The maximum absolute atomic E-state index is 5.18. The Morgan fingerprint density at radius 1 is 1.50 bits per heavy atom. The van der Waals surface area contributed by atoms with E-state index in [0.29, 0.717) is 6.04 Å². The highest BCUT2D eigenvalue weighted by Crippen LogP contribution is 2.14. The summed E-state index contributed by atoms with van der Waals surface area (Å²) < 4.78 is 5.18. The molecule has 0 spiro atoms. The van der Waals surface area contributed by atoms with Gasteiger partial charge in [0.1, 0.15) is 0 Å². The predicted molar refractivity (Wildman–Crippen MR) is 68.8 cm³/mol. The number of ether oxygens (including phenoxy) is 1. The van der Waals surface area contributed by atoms with Crippen molar-refractivity contribution in [2.45, 2.75) is 39.2 Å². The van der Waals surface area contributed by atoms with Gasteiger partial charge in [-0.25, -0.2) is 0 Å². The highest BCUT2D eigenvalue weighted by Gasteiger charge is 2.15. The van der Waals surface area contributed by atoms with Gasteiger partial charge >= 0.3 is 0 Å². The molecule has 3 heteroatoms. The molecule has 2 unspecified atom stereocenters. The van der Waals surface area contributed by atoms with Crippen molar-refractivity contribution in [1.82, 2.24) is 10.2 Å². The molecule has 0 bridgehead atoms. The van der Waals surface area contributed by atoms with Crippen LogP contribution in [-0.2, 0) is 4.74 Å². The summed E-state index contributed by atoms with van der Waals surface area (Å²) in [6.45, 7) is 10.2. The number of hydrogen-bond acceptors (Lipinski definition) is 3. The topological polar surface area (TPSA) is 24.5 Å². The van der Waals surface area contributed by atoms with E-state index in [0.717, 1.165) is 25.5 Å². The van der Waals surface area contributed by atoms with Crippen LogP contribution in [0, 0.1) is 5.92 Å². The van der Waals surface area contributed by atoms with Crippen molar-refractivity contribution in [2.24, 2.45) is 5.92 Å². The molecule has 1 heterocycles. The fraction of sp³-hybridized carbons (Fsp3) is 1.00. The van der Waals surface area contributed by atoms with Crippen LogP contribution in [0.2, 0.25) is 0 Å². The third-order valence-corrected chi connectivity index (χ3v) is 3.46. The molecule has 2 atom stereocenters. The largest absolute Gasteiger partial charge is 0.383 e. The first kappa shape index (κ1) is 13.9. The van der Waals surface area contributed by atoms with Crippen molar-refractivity contribution >= 4 is 0 Å². The molecule has 96 valence electrons. The Morgan fingerprint density at radius 2 is 2.31 bits per heavy atom. The van der Waals surface area contributed by atoms with Gasteiger partial charge in [-0.1, -0.05) is 13.8 Å². The molecule has 0 amide bonds. The normalized spacial score (nSPS) is 24.6. The van der Waals surface area contributed by atoms with Crippen LogP contribution in [-0.4, -0.2) is 50.8 Å². The molecule has 1 rings (SSSR count). The predicted octanol–water partition coefficient (Wildman–Crippen LogP) is 1.73. The second-order valence-electron chi connectivity index (χ2n) is 5.06. The molecule has 0 radical (unpaired) electrons. The fourth-order valence-corrected chi connectivity index (χ4v) is 2.44. The van der Waals surface area contributed by atoms with Gasteiger partial charge in [-0.3, -0.25) is 0 Å². The fourth-order valence-electron chi connectivity index (χ4n) is 2.44. The molecule has 0 aromatic rings. The second-order valence-corrected chi connectivity index (χ2v) is 5.06. The number of rotatable bonds is 7. The summed E-state index contributed by atoms with van der Waals surface area (Å²) in [6.07, 6.45) is 3.92. The van der Waals surface area contributed by atoms with Crippen molar-refractivity contribution in [1.29, 1.82) is 0 Å². The first-order valence-corrected chi connectivity index (χ1v) is 6.71. The van der Waals surface area contributed by atoms with Crippen molar-refractivity contribution in [3.05, 3.63) is 0 Å². The highest BCUT2D eigenvalue weighted by atomic mass is 16.5. The number of likely N-dealkylation sites (tertiary alicyclic amines) is 1. The minimum Gasteiger partial charge on any atom is -0.383 e. The van der Waals surface area contributed by atoms with E-state index < -0.39 is 0 Å². The zero-order chi connectivity index (χ0) is 11.8. The summed E-state index contributed by atoms with van der Waals surface area (Å²) in [5.41, 5.74) is 0. The van der Waals surface area contributed by atoms with Crippen LogP contribution in [0.3, 0.4) is 0 Å². The molecule has 1 aliphatic heterocycles. The summed E-state index contributed by atoms with van der Waals surface area (Å²) in [4.78, 5) is 2.58. The molecular weight excluding hydrogens is 200 g/mol. The molecule has 3 nitrogen and oxygen atoms in total. The van der Waals surface area contributed by atoms with Crippen LogP contribution in [0.1, 0.15) is 33.1 Å². The Balaban J connectivity index is 2.09. The average molecular weight is 228 g/mol. The van der Waals surface area contributed by atoms with Gasteiger partial charge in [0, 0.05) is 32.8 Å². The van der Waals surface area contributed by atoms with Crippen molar-refractivity contribution in [2.75, 3.05) is 39.9 Å². The molecule has 1 fully saturated rings. The Bertz CT molecular complexity index is 175. The smallest absolute Gasteiger partial charge is 0.0615 e. The minimum atomic E-state index is 0.521. The lowest BCUT2D eigenvalue weighted by molar-refractivity contribution is 0.153. The summed E-state index contributed by atoms with van der Waals surface area (Å²) >= 11 is 0. The quantitative estimate of drug-likeness (QED) is 0.718. The van der Waals surface area contributed by atoms with E-state index in [1.165, 1.54) is 32.5 Å². The van der Waals surface area contributed by atoms with E-state index in [-0.39, 0.29) is 0 Å². The first-order valence-electron chi connectivity index (χ1n) is 6.71. The van der Waals surface area contributed by atoms with Gasteiger partial charge in [-0.2, -0.15) is 0 Å². The summed E-state index contributed by atoms with van der Waals surface area (Å²) in [5.74, 6) is 0.884. The lowest BCUT2D eigenvalue weighted by Gasteiger charge is -2.31. The molecule has 0 aromatic heterocycles. The van der Waals surface area contributed by atoms with E-state index in [2.05, 4.69) is 24.1 Å². The molecule has 1 aliphatic rings. The van der Waals surface area contributed by atoms with E-state index in [1.54, 1.807) is 7.11 Å². The van der Waals surface area contributed by atoms with Crippen molar-refractivity contribution in [3.63, 3.8) is 0 Å². The molecule has 1 N–H and O–H groups in total. The van der Waals surface area contributed by atoms with Gasteiger partial charge in [0.15, 0.2) is 0 Å². The van der Waals surface area contributed by atoms with E-state index >= 15 is 0 Å². The molecule has 16 heavy (non-hydrogen) atoms. The van der Waals surface area contributed by atoms with E-state index in [1.807, 2.05) is 0 Å². The number of hydrogen-bond donors (Lipinski definition) is 1. The Morgan fingerprint density at radius 3 is 2.94 bits per heavy atom. The number of methoxy groups -OCH3 is 1. The van der Waals surface area contributed by atoms with Gasteiger partial charge in [-0.05, 0) is 31.7 Å². The summed E-state index contributed by atoms with van der Waals surface area (Å²) in [6, 6.07) is 0.521. The standard InChI is InChI=1S/C13H28N2O/c1-4-13(11-16-3)14-7-9-15-8-5-6-12(2)10-15/h12-14H,4-11H2,1-3H3. The number of nitrogens with one attached hydrogen (secondary N) is 1. The molecule has 1 saturated heterocycles. The number of nitrogens with zero attached hydrogens (tertiary/aromatic N) is 1. The average Bonchev–Trinajstić information content (AvgIpc) is 2.28. The van der Waals surface area contributed by atoms with Crippen LogP contribution in [0.15, 0.2) is 0 Å². The summed E-state index contributed by atoms with van der Waals surface area (Å²) in [5, 5.41) is 3.57. The number of piperidine rings is 1. The van der Waals surface area contributed by atoms with Gasteiger partial charge < -0.3 is 15.0 Å². The van der Waals surface area contributed by atoms with Crippen LogP contribution in [0.25, 0.3) is 0 Å². The van der Waals surface area contributed by atoms with Crippen LogP contribution >= 0.6 is 0 Å². The third kappa shape index (κ3) is 5.28. The van der Waals surface area contributed by atoms with Gasteiger partial charge in [0.2, 0.25) is 0 Å². The monoisotopic (exact) mass is 228 g/mol. The first-order chi connectivity index (χ1) is 7.76. The summed E-state index contributed by atoms with van der Waals surface area (Å²) in [7, 11) is 1.77. The maximum atomic E-state index is 5.18. The van der Waals surface area contributed by atoms with Crippen molar-refractivity contribution in [3.8, 4) is 0 Å². The Kier molecular flexibility index (Phi) is 7.01. The minimum absolute atomic E-state index is 0.521. The lowest BCUT2D eigenvalue weighted by Crippen LogP contribution is -2.42. The molecule has 0 aromatic carbocycles. The second kappa shape index (κ2) is 8.04. The maximum Gasteiger partial charge on any atom is 0.0615 e. The SMILES string of the molecule is CCC(COC)NCCN1CCCC(C)C1. The zero-order valence-electron chi connectivity index (χ0n) is 11.2. The van der Waals surface area contributed by atoms with Crippen LogP contribution in [0.5, 0.6) is 0 Å². The zero-order valence-corrected chi connectivity index (χ0v) is 11.2. The Hall–Kier alpha value is -0.120. The molecule has 0 aliphatic carbocycles. The van der Waals surface area contributed by atoms with Gasteiger partial charge in [0.05, 0.1) is 6.61 Å². The van der Waals surface area contributed by atoms with Gasteiger partial charge in [0.25, 0.3) is 0 Å². The van der Waals surface area contributed by atoms with E-state index in [9.17, 15) is 0 Å². The van der Waals surface area contributed by atoms with E-state index in [4.69, 9.17) is 4.74 Å². The molecule has 0 saturated carbocycles. The molecular formula is C13H28N2O. The third-order valence-electron chi connectivity index (χ3n) is 3.46. The highest BCUT2D eigenvalue weighted by molar-refractivity contribution is 4.72. The van der Waals surface area contributed by atoms with Gasteiger partial charge in [-0.15, -0.1) is 0 Å². The van der Waals surface area contributed by atoms with Crippen LogP contribution in [0.4, 0.5) is 0 Å². The van der Waals surface area contributed by atoms with Crippen molar-refractivity contribution < 1.29 is 4.74 Å². The lowest BCUT2D eigenvalue weighted by atomic mass is 10.0. The Labute approximate surface area is 101 Å².